The van der Waals surface area contributed by atoms with Gasteiger partial charge in [-0.3, -0.25) is 9.59 Å². The number of aromatic nitrogens is 2. The molecular formula is C22H30N4O2. The normalized spacial score (nSPS) is 15.4. The van der Waals surface area contributed by atoms with Crippen LogP contribution in [0.15, 0.2) is 30.3 Å². The number of aryl methyl sites for hydroxylation is 1. The molecule has 3 rings (SSSR count). The maximum Gasteiger partial charge on any atom is 0.245 e. The molecule has 2 aromatic rings. The molecule has 1 saturated carbocycles. The number of hydrogen-bond donors (Lipinski definition) is 1. The number of nitrogens with zero attached hydrogens (tertiary/aromatic N) is 3. The van der Waals surface area contributed by atoms with Crippen molar-refractivity contribution in [1.82, 2.24) is 20.0 Å². The molecule has 6 heteroatoms. The summed E-state index contributed by atoms with van der Waals surface area (Å²) in [5.41, 5.74) is 4.00. The molecular weight excluding hydrogens is 352 g/mol. The van der Waals surface area contributed by atoms with Gasteiger partial charge in [0.05, 0.1) is 11.4 Å². The Labute approximate surface area is 166 Å². The second-order valence-corrected chi connectivity index (χ2v) is 7.81. The third-order valence-electron chi connectivity index (χ3n) is 5.71. The maximum atomic E-state index is 13.2. The average molecular weight is 383 g/mol. The number of likely N-dealkylation sites (N-methyl/N-ethyl adjacent to an activating group) is 1. The van der Waals surface area contributed by atoms with Crippen LogP contribution in [0, 0.1) is 19.8 Å². The number of carbonyl (C=O) groups excluding carboxylic acids is 2. The highest BCUT2D eigenvalue weighted by molar-refractivity contribution is 5.87. The van der Waals surface area contributed by atoms with Crippen LogP contribution in [0.5, 0.6) is 0 Å². The van der Waals surface area contributed by atoms with Crippen molar-refractivity contribution >= 4 is 11.8 Å². The minimum absolute atomic E-state index is 0.0200. The molecule has 0 bridgehead atoms. The maximum absolute atomic E-state index is 13.2. The monoisotopic (exact) mass is 382 g/mol. The SMILES string of the molecule is CC(=O)NC(C(=O)N(C)Cc1c(C)nn(-c2ccccc2)c1C)C1CCCC1. The fourth-order valence-corrected chi connectivity index (χ4v) is 4.17. The zero-order valence-electron chi connectivity index (χ0n) is 17.2. The molecule has 1 fully saturated rings. The molecule has 1 heterocycles. The van der Waals surface area contributed by atoms with Gasteiger partial charge in [-0.1, -0.05) is 31.0 Å². The van der Waals surface area contributed by atoms with Gasteiger partial charge in [-0.2, -0.15) is 5.10 Å². The predicted octanol–water partition coefficient (Wildman–Crippen LogP) is 3.14. The Bertz CT molecular complexity index is 838. The third-order valence-corrected chi connectivity index (χ3v) is 5.71. The summed E-state index contributed by atoms with van der Waals surface area (Å²) in [5.74, 6) is 0.0596. The van der Waals surface area contributed by atoms with Crippen molar-refractivity contribution in [2.24, 2.45) is 5.92 Å². The van der Waals surface area contributed by atoms with E-state index in [2.05, 4.69) is 10.4 Å². The van der Waals surface area contributed by atoms with Gasteiger partial charge in [0.25, 0.3) is 0 Å². The van der Waals surface area contributed by atoms with Crippen LogP contribution in [-0.2, 0) is 16.1 Å². The zero-order valence-corrected chi connectivity index (χ0v) is 17.2. The van der Waals surface area contributed by atoms with Crippen molar-refractivity contribution < 1.29 is 9.59 Å². The molecule has 1 aromatic heterocycles. The summed E-state index contributed by atoms with van der Waals surface area (Å²) in [5, 5.41) is 7.57. The molecule has 28 heavy (non-hydrogen) atoms. The van der Waals surface area contributed by atoms with Crippen molar-refractivity contribution in [1.29, 1.82) is 0 Å². The summed E-state index contributed by atoms with van der Waals surface area (Å²) >= 11 is 0. The van der Waals surface area contributed by atoms with Crippen LogP contribution in [0.25, 0.3) is 5.69 Å². The van der Waals surface area contributed by atoms with E-state index in [1.165, 1.54) is 6.92 Å². The van der Waals surface area contributed by atoms with E-state index in [1.54, 1.807) is 4.90 Å². The van der Waals surface area contributed by atoms with Crippen molar-refractivity contribution in [2.45, 2.75) is 59.0 Å². The molecule has 150 valence electrons. The first-order chi connectivity index (χ1) is 13.4. The van der Waals surface area contributed by atoms with Crippen molar-refractivity contribution in [3.8, 4) is 5.69 Å². The Morgan fingerprint density at radius 1 is 1.21 bits per heavy atom. The van der Waals surface area contributed by atoms with Gasteiger partial charge in [0.1, 0.15) is 6.04 Å². The van der Waals surface area contributed by atoms with Gasteiger partial charge in [0.15, 0.2) is 0 Å². The second-order valence-electron chi connectivity index (χ2n) is 7.81. The standard InChI is InChI=1S/C22H30N4O2/c1-15-20(16(2)26(24-15)19-12-6-5-7-13-19)14-25(4)22(28)21(23-17(3)27)18-10-8-9-11-18/h5-7,12-13,18,21H,8-11,14H2,1-4H3,(H,23,27). The number of hydrogen-bond acceptors (Lipinski definition) is 3. The Morgan fingerprint density at radius 3 is 2.46 bits per heavy atom. The molecule has 0 spiro atoms. The van der Waals surface area contributed by atoms with Crippen LogP contribution in [0.1, 0.15) is 49.6 Å². The minimum Gasteiger partial charge on any atom is -0.344 e. The lowest BCUT2D eigenvalue weighted by Gasteiger charge is -2.28. The van der Waals surface area contributed by atoms with E-state index in [0.717, 1.165) is 48.3 Å². The second kappa shape index (κ2) is 8.59. The molecule has 0 aliphatic heterocycles. The third kappa shape index (κ3) is 4.26. The topological polar surface area (TPSA) is 67.2 Å². The summed E-state index contributed by atoms with van der Waals surface area (Å²) in [6.45, 7) is 5.96. The first-order valence-electron chi connectivity index (χ1n) is 10.0. The summed E-state index contributed by atoms with van der Waals surface area (Å²) in [6, 6.07) is 9.56. The van der Waals surface area contributed by atoms with E-state index in [9.17, 15) is 9.59 Å². The van der Waals surface area contributed by atoms with Crippen LogP contribution >= 0.6 is 0 Å². The lowest BCUT2D eigenvalue weighted by molar-refractivity contribution is -0.137. The molecule has 1 atom stereocenters. The molecule has 6 nitrogen and oxygen atoms in total. The van der Waals surface area contributed by atoms with Gasteiger partial charge in [-0.15, -0.1) is 0 Å². The number of para-hydroxylation sites is 1. The fraction of sp³-hybridized carbons (Fsp3) is 0.500. The summed E-state index contributed by atoms with van der Waals surface area (Å²) in [4.78, 5) is 26.6. The van der Waals surface area contributed by atoms with Crippen LogP contribution in [0.4, 0.5) is 0 Å². The van der Waals surface area contributed by atoms with E-state index in [4.69, 9.17) is 0 Å². The number of amides is 2. The molecule has 1 aliphatic rings. The lowest BCUT2D eigenvalue weighted by Crippen LogP contribution is -2.50. The molecule has 1 N–H and O–H groups in total. The van der Waals surface area contributed by atoms with Crippen LogP contribution in [-0.4, -0.2) is 39.6 Å². The molecule has 1 unspecified atom stereocenters. The van der Waals surface area contributed by atoms with Crippen molar-refractivity contribution in [3.63, 3.8) is 0 Å². The van der Waals surface area contributed by atoms with Crippen molar-refractivity contribution in [2.75, 3.05) is 7.05 Å². The molecule has 1 aromatic carbocycles. The highest BCUT2D eigenvalue weighted by atomic mass is 16.2. The van der Waals surface area contributed by atoms with Gasteiger partial charge < -0.3 is 10.2 Å². The predicted molar refractivity (Wildman–Crippen MR) is 109 cm³/mol. The number of benzene rings is 1. The van der Waals surface area contributed by atoms with Gasteiger partial charge in [-0.05, 0) is 44.7 Å². The Kier molecular flexibility index (Phi) is 6.17. The summed E-state index contributed by atoms with van der Waals surface area (Å²) in [6.07, 6.45) is 4.24. The van der Waals surface area contributed by atoms with Gasteiger partial charge >= 0.3 is 0 Å². The zero-order chi connectivity index (χ0) is 20.3. The highest BCUT2D eigenvalue weighted by Crippen LogP contribution is 2.29. The molecule has 2 amide bonds. The highest BCUT2D eigenvalue weighted by Gasteiger charge is 2.33. The van der Waals surface area contributed by atoms with E-state index < -0.39 is 6.04 Å². The summed E-state index contributed by atoms with van der Waals surface area (Å²) < 4.78 is 1.92. The number of carbonyl (C=O) groups is 2. The lowest BCUT2D eigenvalue weighted by atomic mass is 9.96. The minimum atomic E-state index is -0.435. The van der Waals surface area contributed by atoms with E-state index in [1.807, 2.05) is 55.9 Å². The first kappa shape index (κ1) is 20.1. The Balaban J connectivity index is 1.79. The summed E-state index contributed by atoms with van der Waals surface area (Å²) in [7, 11) is 1.81. The van der Waals surface area contributed by atoms with E-state index in [0.29, 0.717) is 6.54 Å². The van der Waals surface area contributed by atoms with Gasteiger partial charge in [0, 0.05) is 31.8 Å². The van der Waals surface area contributed by atoms with E-state index >= 15 is 0 Å². The van der Waals surface area contributed by atoms with E-state index in [-0.39, 0.29) is 17.7 Å². The average Bonchev–Trinajstić information content (AvgIpc) is 3.30. The van der Waals surface area contributed by atoms with Crippen LogP contribution in [0.2, 0.25) is 0 Å². The smallest absolute Gasteiger partial charge is 0.245 e. The first-order valence-corrected chi connectivity index (χ1v) is 10.0. The molecule has 0 saturated heterocycles. The van der Waals surface area contributed by atoms with Gasteiger partial charge in [0.2, 0.25) is 11.8 Å². The molecule has 1 aliphatic carbocycles. The van der Waals surface area contributed by atoms with Gasteiger partial charge in [-0.25, -0.2) is 4.68 Å². The Morgan fingerprint density at radius 2 is 1.86 bits per heavy atom. The quantitative estimate of drug-likeness (QED) is 0.835. The number of rotatable bonds is 6. The Hall–Kier alpha value is -2.63. The molecule has 0 radical (unpaired) electrons. The van der Waals surface area contributed by atoms with Crippen LogP contribution < -0.4 is 5.32 Å². The van der Waals surface area contributed by atoms with Crippen molar-refractivity contribution in [3.05, 3.63) is 47.3 Å². The largest absolute Gasteiger partial charge is 0.344 e. The van der Waals surface area contributed by atoms with Crippen LogP contribution in [0.3, 0.4) is 0 Å². The fourth-order valence-electron chi connectivity index (χ4n) is 4.17. The number of nitrogens with one attached hydrogen (secondary N) is 1.